The molecule has 0 aliphatic carbocycles. The maximum atomic E-state index is 12.0. The summed E-state index contributed by atoms with van der Waals surface area (Å²) in [5, 5.41) is 0. The van der Waals surface area contributed by atoms with Crippen LogP contribution in [-0.4, -0.2) is 11.9 Å². The number of hydrogen-bond donors (Lipinski definition) is 1. The summed E-state index contributed by atoms with van der Waals surface area (Å²) in [5.74, 6) is 0.945. The van der Waals surface area contributed by atoms with Gasteiger partial charge >= 0.3 is 0 Å². The number of amides is 1. The molecule has 0 aromatic heterocycles. The molecule has 3 heteroatoms. The van der Waals surface area contributed by atoms with Crippen molar-refractivity contribution in [3.63, 3.8) is 0 Å². The minimum Gasteiger partial charge on any atom is -0.326 e. The van der Waals surface area contributed by atoms with E-state index in [1.54, 1.807) is 6.92 Å². The van der Waals surface area contributed by atoms with Crippen molar-refractivity contribution in [3.8, 4) is 0 Å². The Morgan fingerprint density at radius 1 is 1.13 bits per heavy atom. The van der Waals surface area contributed by atoms with Gasteiger partial charge in [-0.2, -0.15) is 0 Å². The van der Waals surface area contributed by atoms with Crippen molar-refractivity contribution in [2.75, 3.05) is 4.90 Å². The average molecular weight is 321 g/mol. The lowest BCUT2D eigenvalue weighted by molar-refractivity contribution is -0.117. The summed E-state index contributed by atoms with van der Waals surface area (Å²) in [6.45, 7) is 13.0. The number of benzene rings is 1. The van der Waals surface area contributed by atoms with E-state index in [-0.39, 0.29) is 5.91 Å². The van der Waals surface area contributed by atoms with E-state index >= 15 is 0 Å². The molecule has 0 aliphatic rings. The predicted molar refractivity (Wildman–Crippen MR) is 102 cm³/mol. The van der Waals surface area contributed by atoms with Crippen LogP contribution in [0.1, 0.15) is 72.8 Å². The molecule has 0 radical (unpaired) electrons. The van der Waals surface area contributed by atoms with E-state index in [1.807, 2.05) is 29.2 Å². The molecule has 23 heavy (non-hydrogen) atoms. The molecule has 3 nitrogen and oxygen atoms in total. The minimum absolute atomic E-state index is 0.112. The Hall–Kier alpha value is -1.35. The monoisotopic (exact) mass is 320 g/mol. The van der Waals surface area contributed by atoms with Crippen molar-refractivity contribution in [2.45, 2.75) is 79.8 Å². The average Bonchev–Trinajstić information content (AvgIpc) is 2.47. The van der Waals surface area contributed by atoms with Crippen LogP contribution in [0.25, 0.3) is 0 Å². The number of hydrogen-bond acceptors (Lipinski definition) is 2. The van der Waals surface area contributed by atoms with Crippen molar-refractivity contribution < 1.29 is 4.79 Å². The zero-order chi connectivity index (χ0) is 17.8. The standard InChI is InChI=1S/C16H26N2O.C4H10/c1-4-7-15(8-5-2)18(13(3)19)16-10-6-9-14(11-16)12-17;1-4(2)3/h6,9-11,15H,4-5,7-8,12,17H2,1-3H3;4H,1-3H3. The van der Waals surface area contributed by atoms with Gasteiger partial charge in [-0.3, -0.25) is 4.79 Å². The Morgan fingerprint density at radius 3 is 2.04 bits per heavy atom. The first kappa shape index (κ1) is 21.6. The van der Waals surface area contributed by atoms with Crippen molar-refractivity contribution >= 4 is 11.6 Å². The van der Waals surface area contributed by atoms with Gasteiger partial charge in [0, 0.05) is 25.2 Å². The molecule has 0 spiro atoms. The summed E-state index contributed by atoms with van der Waals surface area (Å²) < 4.78 is 0. The molecule has 0 fully saturated rings. The highest BCUT2D eigenvalue weighted by atomic mass is 16.2. The van der Waals surface area contributed by atoms with Gasteiger partial charge in [-0.05, 0) is 36.5 Å². The molecule has 1 rings (SSSR count). The second-order valence-corrected chi connectivity index (χ2v) is 6.73. The van der Waals surface area contributed by atoms with Crippen LogP contribution >= 0.6 is 0 Å². The number of anilines is 1. The third kappa shape index (κ3) is 8.75. The predicted octanol–water partition coefficient (Wildman–Crippen LogP) is 5.13. The highest BCUT2D eigenvalue weighted by molar-refractivity contribution is 5.92. The summed E-state index contributed by atoms with van der Waals surface area (Å²) in [6.07, 6.45) is 4.26. The second-order valence-electron chi connectivity index (χ2n) is 6.73. The van der Waals surface area contributed by atoms with Crippen LogP contribution in [0.3, 0.4) is 0 Å². The smallest absolute Gasteiger partial charge is 0.224 e. The van der Waals surface area contributed by atoms with Crippen LogP contribution in [0.4, 0.5) is 5.69 Å². The van der Waals surface area contributed by atoms with Gasteiger partial charge in [0.05, 0.1) is 0 Å². The van der Waals surface area contributed by atoms with Crippen molar-refractivity contribution in [1.82, 2.24) is 0 Å². The van der Waals surface area contributed by atoms with Gasteiger partial charge in [-0.25, -0.2) is 0 Å². The highest BCUT2D eigenvalue weighted by Crippen LogP contribution is 2.23. The molecule has 0 bridgehead atoms. The first-order chi connectivity index (χ1) is 10.9. The minimum atomic E-state index is 0.112. The topological polar surface area (TPSA) is 46.3 Å². The molecule has 132 valence electrons. The lowest BCUT2D eigenvalue weighted by Gasteiger charge is -2.31. The summed E-state index contributed by atoms with van der Waals surface area (Å²) >= 11 is 0. The molecule has 0 saturated carbocycles. The van der Waals surface area contributed by atoms with E-state index < -0.39 is 0 Å². The zero-order valence-corrected chi connectivity index (χ0v) is 15.9. The molecule has 1 aromatic rings. The summed E-state index contributed by atoms with van der Waals surface area (Å²) in [5.41, 5.74) is 7.72. The Kier molecular flexibility index (Phi) is 11.4. The highest BCUT2D eigenvalue weighted by Gasteiger charge is 2.21. The number of nitrogens with two attached hydrogens (primary N) is 1. The molecule has 0 atom stereocenters. The third-order valence-electron chi connectivity index (χ3n) is 3.37. The van der Waals surface area contributed by atoms with E-state index in [0.29, 0.717) is 12.6 Å². The molecule has 1 aromatic carbocycles. The third-order valence-corrected chi connectivity index (χ3v) is 3.37. The lowest BCUT2D eigenvalue weighted by atomic mass is 10.0. The van der Waals surface area contributed by atoms with Gasteiger partial charge in [0.25, 0.3) is 0 Å². The fraction of sp³-hybridized carbons (Fsp3) is 0.650. The number of carbonyl (C=O) groups excluding carboxylic acids is 1. The molecule has 2 N–H and O–H groups in total. The van der Waals surface area contributed by atoms with Crippen molar-refractivity contribution in [3.05, 3.63) is 29.8 Å². The molecule has 0 aliphatic heterocycles. The summed E-state index contributed by atoms with van der Waals surface area (Å²) in [4.78, 5) is 14.0. The molecule has 1 amide bonds. The molecular formula is C20H36N2O. The zero-order valence-electron chi connectivity index (χ0n) is 15.9. The van der Waals surface area contributed by atoms with E-state index in [0.717, 1.165) is 42.9 Å². The SMILES string of the molecule is CC(C)C.CCCC(CCC)N(C(C)=O)c1cccc(CN)c1. The van der Waals surface area contributed by atoms with Crippen LogP contribution in [0.5, 0.6) is 0 Å². The van der Waals surface area contributed by atoms with Gasteiger partial charge in [0.2, 0.25) is 5.91 Å². The fourth-order valence-corrected chi connectivity index (χ4v) is 2.55. The van der Waals surface area contributed by atoms with Gasteiger partial charge in [-0.1, -0.05) is 59.6 Å². The van der Waals surface area contributed by atoms with E-state index in [1.165, 1.54) is 0 Å². The van der Waals surface area contributed by atoms with E-state index in [2.05, 4.69) is 34.6 Å². The number of nitrogens with zero attached hydrogens (tertiary/aromatic N) is 1. The first-order valence-corrected chi connectivity index (χ1v) is 8.96. The number of carbonyl (C=O) groups is 1. The number of rotatable bonds is 7. The van der Waals surface area contributed by atoms with Crippen molar-refractivity contribution in [2.24, 2.45) is 11.7 Å². The van der Waals surface area contributed by atoms with Crippen LogP contribution in [0.15, 0.2) is 24.3 Å². The van der Waals surface area contributed by atoms with Gasteiger partial charge in [-0.15, -0.1) is 0 Å². The summed E-state index contributed by atoms with van der Waals surface area (Å²) in [6, 6.07) is 8.29. The lowest BCUT2D eigenvalue weighted by Crippen LogP contribution is -2.39. The quantitative estimate of drug-likeness (QED) is 0.757. The van der Waals surface area contributed by atoms with Crippen LogP contribution in [-0.2, 0) is 11.3 Å². The fourth-order valence-electron chi connectivity index (χ4n) is 2.55. The maximum absolute atomic E-state index is 12.0. The van der Waals surface area contributed by atoms with E-state index in [9.17, 15) is 4.79 Å². The Morgan fingerprint density at radius 2 is 1.65 bits per heavy atom. The van der Waals surface area contributed by atoms with Gasteiger partial charge < -0.3 is 10.6 Å². The second kappa shape index (κ2) is 12.1. The Bertz CT molecular complexity index is 434. The Labute approximate surface area is 143 Å². The molecule has 0 saturated heterocycles. The van der Waals surface area contributed by atoms with E-state index in [4.69, 9.17) is 5.73 Å². The molecule has 0 unspecified atom stereocenters. The van der Waals surface area contributed by atoms with Crippen LogP contribution in [0, 0.1) is 5.92 Å². The summed E-state index contributed by atoms with van der Waals surface area (Å²) in [7, 11) is 0. The maximum Gasteiger partial charge on any atom is 0.224 e. The largest absolute Gasteiger partial charge is 0.326 e. The Balaban J connectivity index is 0.00000108. The van der Waals surface area contributed by atoms with Crippen LogP contribution < -0.4 is 10.6 Å². The van der Waals surface area contributed by atoms with Gasteiger partial charge in [0.15, 0.2) is 0 Å². The van der Waals surface area contributed by atoms with Crippen molar-refractivity contribution in [1.29, 1.82) is 0 Å². The normalized spacial score (nSPS) is 10.5. The van der Waals surface area contributed by atoms with Gasteiger partial charge in [0.1, 0.15) is 0 Å². The molecule has 0 heterocycles. The molecular weight excluding hydrogens is 284 g/mol. The first-order valence-electron chi connectivity index (χ1n) is 8.96. The van der Waals surface area contributed by atoms with Crippen LogP contribution in [0.2, 0.25) is 0 Å².